The summed E-state index contributed by atoms with van der Waals surface area (Å²) in [6.07, 6.45) is 3.20. The van der Waals surface area contributed by atoms with Gasteiger partial charge in [-0.25, -0.2) is 0 Å². The van der Waals surface area contributed by atoms with Crippen molar-refractivity contribution >= 4 is 5.91 Å². The van der Waals surface area contributed by atoms with Crippen molar-refractivity contribution in [2.75, 3.05) is 13.7 Å². The van der Waals surface area contributed by atoms with Crippen LogP contribution in [0.2, 0.25) is 0 Å². The first-order valence-corrected chi connectivity index (χ1v) is 7.96. The Labute approximate surface area is 133 Å². The van der Waals surface area contributed by atoms with E-state index in [2.05, 4.69) is 5.32 Å². The monoisotopic (exact) mass is 305 g/mol. The number of methoxy groups -OCH3 is 1. The molecule has 1 saturated carbocycles. The summed E-state index contributed by atoms with van der Waals surface area (Å²) >= 11 is 0. The Morgan fingerprint density at radius 3 is 2.64 bits per heavy atom. The number of hydrogen-bond acceptors (Lipinski definition) is 3. The van der Waals surface area contributed by atoms with E-state index in [-0.39, 0.29) is 18.1 Å². The number of ether oxygens (including phenoxy) is 2. The summed E-state index contributed by atoms with van der Waals surface area (Å²) in [7, 11) is 1.73. The van der Waals surface area contributed by atoms with Gasteiger partial charge in [0, 0.05) is 13.2 Å². The van der Waals surface area contributed by atoms with Gasteiger partial charge in [0.1, 0.15) is 0 Å². The van der Waals surface area contributed by atoms with Gasteiger partial charge in [-0.2, -0.15) is 0 Å². The van der Waals surface area contributed by atoms with Gasteiger partial charge >= 0.3 is 0 Å². The summed E-state index contributed by atoms with van der Waals surface area (Å²) in [5.74, 6) is 0.0577. The largest absolute Gasteiger partial charge is 0.381 e. The summed E-state index contributed by atoms with van der Waals surface area (Å²) in [6, 6.07) is 10.2. The number of rotatable bonds is 7. The molecule has 0 unspecified atom stereocenters. The second-order valence-corrected chi connectivity index (χ2v) is 6.70. The lowest BCUT2D eigenvalue weighted by Gasteiger charge is -2.25. The van der Waals surface area contributed by atoms with E-state index in [1.165, 1.54) is 0 Å². The zero-order chi connectivity index (χ0) is 16.0. The SMILES string of the molecule is CO[C@@H]1CC[C@H](NC(=O)C(C)(C)COCc2ccccc2)C1. The summed E-state index contributed by atoms with van der Waals surface area (Å²) in [5, 5.41) is 3.13. The Kier molecular flexibility index (Phi) is 5.98. The van der Waals surface area contributed by atoms with Crippen molar-refractivity contribution < 1.29 is 14.3 Å². The highest BCUT2D eigenvalue weighted by molar-refractivity contribution is 5.82. The Bertz CT molecular complexity index is 472. The van der Waals surface area contributed by atoms with Gasteiger partial charge in [0.15, 0.2) is 0 Å². The molecule has 1 amide bonds. The lowest BCUT2D eigenvalue weighted by Crippen LogP contribution is -2.44. The number of hydrogen-bond donors (Lipinski definition) is 1. The Balaban J connectivity index is 1.75. The number of nitrogens with one attached hydrogen (secondary N) is 1. The van der Waals surface area contributed by atoms with E-state index >= 15 is 0 Å². The van der Waals surface area contributed by atoms with E-state index < -0.39 is 5.41 Å². The van der Waals surface area contributed by atoms with Crippen LogP contribution in [0.25, 0.3) is 0 Å². The molecule has 4 nitrogen and oxygen atoms in total. The number of carbonyl (C=O) groups is 1. The molecule has 22 heavy (non-hydrogen) atoms. The average Bonchev–Trinajstić information content (AvgIpc) is 2.96. The molecule has 4 heteroatoms. The van der Waals surface area contributed by atoms with Crippen molar-refractivity contribution in [1.82, 2.24) is 5.32 Å². The molecule has 2 atom stereocenters. The van der Waals surface area contributed by atoms with Crippen molar-refractivity contribution in [2.45, 2.75) is 51.9 Å². The molecule has 1 aliphatic rings. The van der Waals surface area contributed by atoms with Crippen molar-refractivity contribution in [1.29, 1.82) is 0 Å². The van der Waals surface area contributed by atoms with E-state index in [0.717, 1.165) is 24.8 Å². The van der Waals surface area contributed by atoms with Crippen LogP contribution in [-0.4, -0.2) is 31.8 Å². The molecule has 0 bridgehead atoms. The lowest BCUT2D eigenvalue weighted by molar-refractivity contribution is -0.133. The van der Waals surface area contributed by atoms with Crippen LogP contribution in [-0.2, 0) is 20.9 Å². The topological polar surface area (TPSA) is 47.6 Å². The molecule has 2 rings (SSSR count). The van der Waals surface area contributed by atoms with Gasteiger partial charge in [-0.3, -0.25) is 4.79 Å². The highest BCUT2D eigenvalue weighted by Crippen LogP contribution is 2.24. The molecule has 1 N–H and O–H groups in total. The van der Waals surface area contributed by atoms with Crippen molar-refractivity contribution in [2.24, 2.45) is 5.41 Å². The molecule has 122 valence electrons. The van der Waals surface area contributed by atoms with Gasteiger partial charge < -0.3 is 14.8 Å². The zero-order valence-corrected chi connectivity index (χ0v) is 13.8. The molecule has 1 aromatic carbocycles. The highest BCUT2D eigenvalue weighted by atomic mass is 16.5. The number of carbonyl (C=O) groups excluding carboxylic acids is 1. The number of benzene rings is 1. The molecule has 0 spiro atoms. The fourth-order valence-electron chi connectivity index (χ4n) is 2.73. The minimum Gasteiger partial charge on any atom is -0.381 e. The Morgan fingerprint density at radius 2 is 2.00 bits per heavy atom. The van der Waals surface area contributed by atoms with Crippen LogP contribution in [0.15, 0.2) is 30.3 Å². The van der Waals surface area contributed by atoms with Crippen LogP contribution in [0, 0.1) is 5.41 Å². The predicted molar refractivity (Wildman–Crippen MR) is 86.5 cm³/mol. The maximum Gasteiger partial charge on any atom is 0.228 e. The van der Waals surface area contributed by atoms with Crippen molar-refractivity contribution in [3.63, 3.8) is 0 Å². The Hall–Kier alpha value is -1.39. The molecule has 0 saturated heterocycles. The van der Waals surface area contributed by atoms with Gasteiger partial charge in [0.05, 0.1) is 24.7 Å². The van der Waals surface area contributed by atoms with Crippen LogP contribution in [0.1, 0.15) is 38.7 Å². The maximum absolute atomic E-state index is 12.4. The van der Waals surface area contributed by atoms with Gasteiger partial charge in [-0.1, -0.05) is 30.3 Å². The molecule has 0 heterocycles. The van der Waals surface area contributed by atoms with Crippen LogP contribution in [0.3, 0.4) is 0 Å². The molecular formula is C18H27NO3. The summed E-state index contributed by atoms with van der Waals surface area (Å²) in [5.41, 5.74) is 0.595. The summed E-state index contributed by atoms with van der Waals surface area (Å²) in [4.78, 5) is 12.4. The highest BCUT2D eigenvalue weighted by Gasteiger charge is 2.32. The van der Waals surface area contributed by atoms with E-state index in [9.17, 15) is 4.79 Å². The predicted octanol–water partition coefficient (Wildman–Crippen LogP) is 2.91. The second kappa shape index (κ2) is 7.75. The molecular weight excluding hydrogens is 278 g/mol. The van der Waals surface area contributed by atoms with Crippen LogP contribution < -0.4 is 5.32 Å². The van der Waals surface area contributed by atoms with Gasteiger partial charge in [0.25, 0.3) is 0 Å². The van der Waals surface area contributed by atoms with Crippen LogP contribution >= 0.6 is 0 Å². The quantitative estimate of drug-likeness (QED) is 0.842. The fraction of sp³-hybridized carbons (Fsp3) is 0.611. The van der Waals surface area contributed by atoms with Crippen molar-refractivity contribution in [3.8, 4) is 0 Å². The maximum atomic E-state index is 12.4. The minimum atomic E-state index is -0.528. The Morgan fingerprint density at radius 1 is 1.27 bits per heavy atom. The number of amides is 1. The second-order valence-electron chi connectivity index (χ2n) is 6.70. The summed E-state index contributed by atoms with van der Waals surface area (Å²) < 4.78 is 11.1. The molecule has 1 fully saturated rings. The van der Waals surface area contributed by atoms with E-state index in [0.29, 0.717) is 13.2 Å². The standard InChI is InChI=1S/C18H27NO3/c1-18(2,13-22-12-14-7-5-4-6-8-14)17(20)19-15-9-10-16(11-15)21-3/h4-8,15-16H,9-13H2,1-3H3,(H,19,20)/t15-,16+/m0/s1. The molecule has 0 aliphatic heterocycles. The van der Waals surface area contributed by atoms with Crippen LogP contribution in [0.5, 0.6) is 0 Å². The fourth-order valence-corrected chi connectivity index (χ4v) is 2.73. The normalized spacial score (nSPS) is 21.8. The molecule has 0 radical (unpaired) electrons. The van der Waals surface area contributed by atoms with Crippen molar-refractivity contribution in [3.05, 3.63) is 35.9 Å². The van der Waals surface area contributed by atoms with Crippen LogP contribution in [0.4, 0.5) is 0 Å². The van der Waals surface area contributed by atoms with E-state index in [1.807, 2.05) is 44.2 Å². The first-order chi connectivity index (χ1) is 10.5. The molecule has 0 aromatic heterocycles. The summed E-state index contributed by atoms with van der Waals surface area (Å²) in [6.45, 7) is 4.80. The van der Waals surface area contributed by atoms with E-state index in [1.54, 1.807) is 7.11 Å². The van der Waals surface area contributed by atoms with E-state index in [4.69, 9.17) is 9.47 Å². The molecule has 1 aliphatic carbocycles. The van der Waals surface area contributed by atoms with Gasteiger partial charge in [0.2, 0.25) is 5.91 Å². The van der Waals surface area contributed by atoms with Gasteiger partial charge in [-0.15, -0.1) is 0 Å². The van der Waals surface area contributed by atoms with Gasteiger partial charge in [-0.05, 0) is 38.7 Å². The third kappa shape index (κ3) is 4.82. The average molecular weight is 305 g/mol. The first kappa shape index (κ1) is 17.0. The lowest BCUT2D eigenvalue weighted by atomic mass is 9.93. The smallest absolute Gasteiger partial charge is 0.228 e. The molecule has 1 aromatic rings. The first-order valence-electron chi connectivity index (χ1n) is 7.96. The zero-order valence-electron chi connectivity index (χ0n) is 13.8. The minimum absolute atomic E-state index is 0.0577. The third-order valence-electron chi connectivity index (χ3n) is 4.24. The third-order valence-corrected chi connectivity index (χ3v) is 4.24.